The number of amides is 1. The van der Waals surface area contributed by atoms with Gasteiger partial charge in [-0.1, -0.05) is 6.92 Å². The van der Waals surface area contributed by atoms with Gasteiger partial charge >= 0.3 is 0 Å². The maximum Gasteiger partial charge on any atom is 0.254 e. The molecule has 1 rings (SSSR count). The van der Waals surface area contributed by atoms with Gasteiger partial charge in [0.25, 0.3) is 5.91 Å². The van der Waals surface area contributed by atoms with Crippen LogP contribution in [0.2, 0.25) is 0 Å². The Labute approximate surface area is 105 Å². The van der Waals surface area contributed by atoms with Crippen molar-refractivity contribution < 1.29 is 18.7 Å². The van der Waals surface area contributed by atoms with Crippen LogP contribution in [0.15, 0.2) is 18.2 Å². The van der Waals surface area contributed by atoms with Crippen molar-refractivity contribution in [2.75, 3.05) is 6.61 Å². The molecule has 1 unspecified atom stereocenters. The van der Waals surface area contributed by atoms with Crippen LogP contribution in [-0.2, 0) is 0 Å². The van der Waals surface area contributed by atoms with Gasteiger partial charge in [-0.15, -0.1) is 0 Å². The topological polar surface area (TPSA) is 49.3 Å². The first-order valence-electron chi connectivity index (χ1n) is 5.80. The molecule has 1 atom stereocenters. The summed E-state index contributed by atoms with van der Waals surface area (Å²) in [6, 6.07) is 2.81. The van der Waals surface area contributed by atoms with Crippen molar-refractivity contribution in [1.82, 2.24) is 5.32 Å². The zero-order valence-electron chi connectivity index (χ0n) is 10.5. The highest BCUT2D eigenvalue weighted by atomic mass is 19.1. The van der Waals surface area contributed by atoms with E-state index in [0.717, 1.165) is 12.1 Å². The van der Waals surface area contributed by atoms with Gasteiger partial charge < -0.3 is 10.4 Å². The largest absolute Gasteiger partial charge is 0.396 e. The van der Waals surface area contributed by atoms with Crippen molar-refractivity contribution in [3.05, 3.63) is 35.4 Å². The van der Waals surface area contributed by atoms with Crippen LogP contribution in [0.4, 0.5) is 8.78 Å². The van der Waals surface area contributed by atoms with E-state index in [9.17, 15) is 13.6 Å². The van der Waals surface area contributed by atoms with Crippen LogP contribution in [0.1, 0.15) is 37.0 Å². The molecule has 3 nitrogen and oxygen atoms in total. The van der Waals surface area contributed by atoms with Gasteiger partial charge in [0, 0.05) is 18.2 Å². The molecule has 0 radical (unpaired) electrons. The van der Waals surface area contributed by atoms with E-state index in [-0.39, 0.29) is 12.2 Å². The van der Waals surface area contributed by atoms with Crippen LogP contribution in [0.3, 0.4) is 0 Å². The lowest BCUT2D eigenvalue weighted by molar-refractivity contribution is 0.0882. The zero-order valence-corrected chi connectivity index (χ0v) is 10.5. The number of hydrogen-bond donors (Lipinski definition) is 2. The normalized spacial score (nSPS) is 14.1. The highest BCUT2D eigenvalue weighted by molar-refractivity contribution is 5.94. The van der Waals surface area contributed by atoms with Crippen LogP contribution in [0, 0.1) is 11.6 Å². The number of nitrogens with one attached hydrogen (secondary N) is 1. The second kappa shape index (κ2) is 5.91. The lowest BCUT2D eigenvalue weighted by Gasteiger charge is -2.29. The number of hydrogen-bond acceptors (Lipinski definition) is 2. The number of aliphatic hydroxyl groups excluding tert-OH is 1. The van der Waals surface area contributed by atoms with Crippen LogP contribution in [0.5, 0.6) is 0 Å². The Kier molecular flexibility index (Phi) is 4.78. The van der Waals surface area contributed by atoms with Gasteiger partial charge in [-0.05, 0) is 31.9 Å². The number of halogens is 2. The van der Waals surface area contributed by atoms with E-state index >= 15 is 0 Å². The summed E-state index contributed by atoms with van der Waals surface area (Å²) in [5.74, 6) is -2.22. The van der Waals surface area contributed by atoms with Crippen LogP contribution in [-0.4, -0.2) is 23.2 Å². The van der Waals surface area contributed by atoms with E-state index in [2.05, 4.69) is 5.32 Å². The Hall–Kier alpha value is -1.49. The van der Waals surface area contributed by atoms with E-state index in [1.54, 1.807) is 6.92 Å². The molecule has 2 N–H and O–H groups in total. The summed E-state index contributed by atoms with van der Waals surface area (Å²) in [5.41, 5.74) is -0.804. The maximum atomic E-state index is 13.4. The predicted octanol–water partition coefficient (Wildman–Crippen LogP) is 2.25. The first kappa shape index (κ1) is 14.6. The van der Waals surface area contributed by atoms with E-state index in [1.807, 2.05) is 6.92 Å². The first-order chi connectivity index (χ1) is 8.41. The molecule has 0 bridgehead atoms. The first-order valence-corrected chi connectivity index (χ1v) is 5.80. The summed E-state index contributed by atoms with van der Waals surface area (Å²) < 4.78 is 26.1. The molecular weight excluding hydrogens is 240 g/mol. The summed E-state index contributed by atoms with van der Waals surface area (Å²) >= 11 is 0. The third-order valence-electron chi connectivity index (χ3n) is 3.03. The van der Waals surface area contributed by atoms with Gasteiger partial charge in [-0.3, -0.25) is 4.79 Å². The summed E-state index contributed by atoms with van der Waals surface area (Å²) in [6.07, 6.45) is 0.972. The zero-order chi connectivity index (χ0) is 13.8. The van der Waals surface area contributed by atoms with Gasteiger partial charge in [0.1, 0.15) is 11.6 Å². The lowest BCUT2D eigenvalue weighted by atomic mass is 9.94. The van der Waals surface area contributed by atoms with Crippen molar-refractivity contribution in [2.24, 2.45) is 0 Å². The van der Waals surface area contributed by atoms with E-state index in [4.69, 9.17) is 5.11 Å². The van der Waals surface area contributed by atoms with E-state index < -0.39 is 23.1 Å². The Balaban J connectivity index is 2.87. The second-order valence-electron chi connectivity index (χ2n) is 4.47. The minimum absolute atomic E-state index is 0.0729. The molecule has 1 amide bonds. The molecule has 18 heavy (non-hydrogen) atoms. The minimum Gasteiger partial charge on any atom is -0.396 e. The third kappa shape index (κ3) is 3.50. The number of carbonyl (C=O) groups excluding carboxylic acids is 1. The quantitative estimate of drug-likeness (QED) is 0.850. The van der Waals surface area contributed by atoms with Gasteiger partial charge in [0.05, 0.1) is 5.56 Å². The Bertz CT molecular complexity index is 437. The number of benzene rings is 1. The monoisotopic (exact) mass is 257 g/mol. The van der Waals surface area contributed by atoms with Crippen molar-refractivity contribution in [3.8, 4) is 0 Å². The molecule has 1 aromatic carbocycles. The molecule has 0 aliphatic heterocycles. The molecule has 5 heteroatoms. The molecule has 100 valence electrons. The summed E-state index contributed by atoms with van der Waals surface area (Å²) in [6.45, 7) is 3.55. The lowest BCUT2D eigenvalue weighted by Crippen LogP contribution is -2.46. The van der Waals surface area contributed by atoms with Crippen molar-refractivity contribution >= 4 is 5.91 Å². The number of aliphatic hydroxyl groups is 1. The highest BCUT2D eigenvalue weighted by Crippen LogP contribution is 2.16. The maximum absolute atomic E-state index is 13.4. The fourth-order valence-electron chi connectivity index (χ4n) is 1.59. The van der Waals surface area contributed by atoms with Crippen LogP contribution in [0.25, 0.3) is 0 Å². The Morgan fingerprint density at radius 3 is 2.61 bits per heavy atom. The number of rotatable bonds is 5. The third-order valence-corrected chi connectivity index (χ3v) is 3.03. The SMILES string of the molecule is CCC(C)(CCO)NC(=O)c1ccc(F)cc1F. The summed E-state index contributed by atoms with van der Waals surface area (Å²) in [4.78, 5) is 11.9. The minimum atomic E-state index is -0.894. The predicted molar refractivity (Wildman–Crippen MR) is 64.2 cm³/mol. The van der Waals surface area contributed by atoms with Gasteiger partial charge in [-0.2, -0.15) is 0 Å². The van der Waals surface area contributed by atoms with E-state index in [0.29, 0.717) is 18.9 Å². The molecule has 0 aliphatic carbocycles. The average Bonchev–Trinajstić information content (AvgIpc) is 2.28. The molecule has 0 saturated heterocycles. The van der Waals surface area contributed by atoms with E-state index in [1.165, 1.54) is 0 Å². The van der Waals surface area contributed by atoms with Gasteiger partial charge in [0.2, 0.25) is 0 Å². The molecule has 0 saturated carbocycles. The highest BCUT2D eigenvalue weighted by Gasteiger charge is 2.25. The standard InChI is InChI=1S/C13H17F2NO2/c1-3-13(2,6-7-17)16-12(18)10-5-4-9(14)8-11(10)15/h4-5,8,17H,3,6-7H2,1-2H3,(H,16,18). The molecule has 0 heterocycles. The summed E-state index contributed by atoms with van der Waals surface area (Å²) in [5, 5.41) is 11.6. The number of carbonyl (C=O) groups is 1. The van der Waals surface area contributed by atoms with Crippen molar-refractivity contribution in [3.63, 3.8) is 0 Å². The fraction of sp³-hybridized carbons (Fsp3) is 0.462. The fourth-order valence-corrected chi connectivity index (χ4v) is 1.59. The van der Waals surface area contributed by atoms with Crippen LogP contribution < -0.4 is 5.32 Å². The van der Waals surface area contributed by atoms with Gasteiger partial charge in [-0.25, -0.2) is 8.78 Å². The second-order valence-corrected chi connectivity index (χ2v) is 4.47. The smallest absolute Gasteiger partial charge is 0.254 e. The summed E-state index contributed by atoms with van der Waals surface area (Å²) in [7, 11) is 0. The van der Waals surface area contributed by atoms with Crippen LogP contribution >= 0.6 is 0 Å². The molecule has 0 aliphatic rings. The van der Waals surface area contributed by atoms with Crippen molar-refractivity contribution in [1.29, 1.82) is 0 Å². The Morgan fingerprint density at radius 1 is 1.44 bits per heavy atom. The molecule has 0 fully saturated rings. The van der Waals surface area contributed by atoms with Crippen molar-refractivity contribution in [2.45, 2.75) is 32.2 Å². The Morgan fingerprint density at radius 2 is 2.11 bits per heavy atom. The molecular formula is C13H17F2NO2. The molecule has 1 aromatic rings. The molecule has 0 aromatic heterocycles. The van der Waals surface area contributed by atoms with Gasteiger partial charge in [0.15, 0.2) is 0 Å². The average molecular weight is 257 g/mol. The molecule has 0 spiro atoms.